The lowest BCUT2D eigenvalue weighted by Crippen LogP contribution is -1.95. The Morgan fingerprint density at radius 1 is 1.00 bits per heavy atom. The molecule has 1 aromatic heterocycles. The first-order valence-electron chi connectivity index (χ1n) is 6.21. The molecule has 100 valence electrons. The van der Waals surface area contributed by atoms with E-state index in [1.165, 1.54) is 12.1 Å². The fraction of sp³-hybridized carbons (Fsp3) is 0.0625. The van der Waals surface area contributed by atoms with E-state index in [1.54, 1.807) is 12.3 Å². The first-order valence-corrected chi connectivity index (χ1v) is 6.21. The smallest absolute Gasteiger partial charge is 0.128 e. The van der Waals surface area contributed by atoms with Crippen LogP contribution in [0.4, 0.5) is 20.2 Å². The number of anilines is 2. The molecule has 4 heteroatoms. The van der Waals surface area contributed by atoms with E-state index in [-0.39, 0.29) is 0 Å². The topological polar surface area (TPSA) is 24.9 Å². The van der Waals surface area contributed by atoms with Gasteiger partial charge in [0, 0.05) is 29.0 Å². The molecule has 0 saturated heterocycles. The number of para-hydroxylation sites is 1. The van der Waals surface area contributed by atoms with Gasteiger partial charge in [0.2, 0.25) is 0 Å². The van der Waals surface area contributed by atoms with Crippen molar-refractivity contribution in [1.29, 1.82) is 0 Å². The Balaban J connectivity index is 2.09. The first-order chi connectivity index (χ1) is 9.63. The Kier molecular flexibility index (Phi) is 3.06. The third-order valence-corrected chi connectivity index (χ3v) is 3.11. The van der Waals surface area contributed by atoms with Crippen molar-refractivity contribution in [3.05, 3.63) is 65.9 Å². The first kappa shape index (κ1) is 12.5. The maximum absolute atomic E-state index is 13.2. The summed E-state index contributed by atoms with van der Waals surface area (Å²) in [6.45, 7) is 1.97. The molecule has 0 amide bonds. The molecule has 2 aromatic carbocycles. The van der Waals surface area contributed by atoms with Crippen LogP contribution in [0.3, 0.4) is 0 Å². The van der Waals surface area contributed by atoms with Crippen LogP contribution in [-0.4, -0.2) is 4.98 Å². The Hall–Kier alpha value is -2.49. The molecule has 2 nitrogen and oxygen atoms in total. The largest absolute Gasteiger partial charge is 0.355 e. The minimum atomic E-state index is -0.609. The van der Waals surface area contributed by atoms with E-state index in [9.17, 15) is 8.78 Å². The average Bonchev–Trinajstić information content (AvgIpc) is 2.39. The van der Waals surface area contributed by atoms with Crippen molar-refractivity contribution in [1.82, 2.24) is 4.98 Å². The van der Waals surface area contributed by atoms with Crippen molar-refractivity contribution in [2.45, 2.75) is 6.92 Å². The number of rotatable bonds is 2. The molecule has 0 aliphatic heterocycles. The van der Waals surface area contributed by atoms with Crippen molar-refractivity contribution >= 4 is 22.3 Å². The van der Waals surface area contributed by atoms with Crippen LogP contribution in [0.5, 0.6) is 0 Å². The third kappa shape index (κ3) is 2.32. The summed E-state index contributed by atoms with van der Waals surface area (Å²) in [5.74, 6) is -1.22. The number of nitrogens with zero attached hydrogens (tertiary/aromatic N) is 1. The normalized spacial score (nSPS) is 10.8. The van der Waals surface area contributed by atoms with E-state index >= 15 is 0 Å². The minimum absolute atomic E-state index is 0.372. The number of hydrogen-bond donors (Lipinski definition) is 1. The van der Waals surface area contributed by atoms with Gasteiger partial charge in [-0.2, -0.15) is 0 Å². The summed E-state index contributed by atoms with van der Waals surface area (Å²) in [6.07, 6.45) is 1.67. The highest BCUT2D eigenvalue weighted by Crippen LogP contribution is 2.27. The van der Waals surface area contributed by atoms with Crippen molar-refractivity contribution in [2.24, 2.45) is 0 Å². The lowest BCUT2D eigenvalue weighted by atomic mass is 10.1. The molecular weight excluding hydrogens is 258 g/mol. The Morgan fingerprint density at radius 3 is 2.50 bits per heavy atom. The lowest BCUT2D eigenvalue weighted by molar-refractivity contribution is 0.584. The molecular formula is C16H12F2N2. The molecule has 1 N–H and O–H groups in total. The van der Waals surface area contributed by atoms with Crippen molar-refractivity contribution < 1.29 is 8.78 Å². The second kappa shape index (κ2) is 4.89. The molecule has 0 bridgehead atoms. The van der Waals surface area contributed by atoms with Gasteiger partial charge < -0.3 is 5.32 Å². The predicted octanol–water partition coefficient (Wildman–Crippen LogP) is 4.57. The van der Waals surface area contributed by atoms with Crippen LogP contribution in [0, 0.1) is 18.6 Å². The van der Waals surface area contributed by atoms with Crippen molar-refractivity contribution in [3.8, 4) is 0 Å². The summed E-state index contributed by atoms with van der Waals surface area (Å²) in [4.78, 5) is 4.33. The number of fused-ring (bicyclic) bond motifs is 1. The Labute approximate surface area is 115 Å². The van der Waals surface area contributed by atoms with E-state index < -0.39 is 11.6 Å². The molecule has 0 saturated carbocycles. The van der Waals surface area contributed by atoms with Gasteiger partial charge in [-0.05, 0) is 30.7 Å². The Bertz CT molecular complexity index is 764. The molecule has 0 fully saturated rings. The number of aryl methyl sites for hydroxylation is 1. The second-order valence-corrected chi connectivity index (χ2v) is 4.61. The standard InChI is InChI=1S/C16H12F2N2/c1-10-3-2-4-14-15(5-6-19-16(10)14)20-13-8-11(17)7-12(18)9-13/h2-9H,1H3,(H,19,20). The fourth-order valence-corrected chi connectivity index (χ4v) is 2.21. The lowest BCUT2D eigenvalue weighted by Gasteiger charge is -2.10. The maximum atomic E-state index is 13.2. The fourth-order valence-electron chi connectivity index (χ4n) is 2.21. The molecule has 0 unspecified atom stereocenters. The van der Waals surface area contributed by atoms with Gasteiger partial charge in [0.05, 0.1) is 5.52 Å². The number of benzene rings is 2. The zero-order chi connectivity index (χ0) is 14.1. The van der Waals surface area contributed by atoms with Crippen LogP contribution in [0.2, 0.25) is 0 Å². The van der Waals surface area contributed by atoms with Gasteiger partial charge in [-0.3, -0.25) is 4.98 Å². The second-order valence-electron chi connectivity index (χ2n) is 4.61. The van der Waals surface area contributed by atoms with Gasteiger partial charge in [-0.1, -0.05) is 18.2 Å². The number of aromatic nitrogens is 1. The number of pyridine rings is 1. The molecule has 0 aliphatic rings. The van der Waals surface area contributed by atoms with E-state index in [0.717, 1.165) is 28.2 Å². The van der Waals surface area contributed by atoms with Crippen LogP contribution in [0.25, 0.3) is 10.9 Å². The van der Waals surface area contributed by atoms with Gasteiger partial charge in [0.25, 0.3) is 0 Å². The summed E-state index contributed by atoms with van der Waals surface area (Å²) in [6, 6.07) is 11.0. The highest BCUT2D eigenvalue weighted by molar-refractivity contribution is 5.94. The summed E-state index contributed by atoms with van der Waals surface area (Å²) >= 11 is 0. The highest BCUT2D eigenvalue weighted by Gasteiger charge is 2.06. The van der Waals surface area contributed by atoms with Gasteiger partial charge in [-0.25, -0.2) is 8.78 Å². The third-order valence-electron chi connectivity index (χ3n) is 3.11. The molecule has 1 heterocycles. The minimum Gasteiger partial charge on any atom is -0.355 e. The number of halogens is 2. The molecule has 0 radical (unpaired) electrons. The highest BCUT2D eigenvalue weighted by atomic mass is 19.1. The van der Waals surface area contributed by atoms with E-state index in [4.69, 9.17) is 0 Å². The maximum Gasteiger partial charge on any atom is 0.128 e. The van der Waals surface area contributed by atoms with E-state index in [0.29, 0.717) is 5.69 Å². The zero-order valence-electron chi connectivity index (χ0n) is 10.8. The summed E-state index contributed by atoms with van der Waals surface area (Å²) in [7, 11) is 0. The zero-order valence-corrected chi connectivity index (χ0v) is 10.8. The van der Waals surface area contributed by atoms with E-state index in [2.05, 4.69) is 10.3 Å². The van der Waals surface area contributed by atoms with Crippen molar-refractivity contribution in [3.63, 3.8) is 0 Å². The van der Waals surface area contributed by atoms with Crippen LogP contribution in [0.1, 0.15) is 5.56 Å². The van der Waals surface area contributed by atoms with Gasteiger partial charge in [0.15, 0.2) is 0 Å². The Morgan fingerprint density at radius 2 is 1.75 bits per heavy atom. The van der Waals surface area contributed by atoms with Crippen LogP contribution < -0.4 is 5.32 Å². The molecule has 0 aliphatic carbocycles. The number of hydrogen-bond acceptors (Lipinski definition) is 2. The molecule has 20 heavy (non-hydrogen) atoms. The summed E-state index contributed by atoms with van der Waals surface area (Å²) in [5.41, 5.74) is 3.06. The summed E-state index contributed by atoms with van der Waals surface area (Å²) < 4.78 is 26.4. The molecule has 3 aromatic rings. The summed E-state index contributed by atoms with van der Waals surface area (Å²) in [5, 5.41) is 3.95. The molecule has 0 atom stereocenters. The van der Waals surface area contributed by atoms with Gasteiger partial charge in [0.1, 0.15) is 11.6 Å². The van der Waals surface area contributed by atoms with E-state index in [1.807, 2.05) is 25.1 Å². The SMILES string of the molecule is Cc1cccc2c(Nc3cc(F)cc(F)c3)ccnc12. The van der Waals surface area contributed by atoms with Crippen LogP contribution >= 0.6 is 0 Å². The number of nitrogens with one attached hydrogen (secondary N) is 1. The quantitative estimate of drug-likeness (QED) is 0.738. The van der Waals surface area contributed by atoms with Gasteiger partial charge >= 0.3 is 0 Å². The predicted molar refractivity (Wildman–Crippen MR) is 76.1 cm³/mol. The van der Waals surface area contributed by atoms with Crippen molar-refractivity contribution in [2.75, 3.05) is 5.32 Å². The average molecular weight is 270 g/mol. The molecule has 0 spiro atoms. The van der Waals surface area contributed by atoms with Crippen LogP contribution in [0.15, 0.2) is 48.7 Å². The van der Waals surface area contributed by atoms with Crippen LogP contribution in [-0.2, 0) is 0 Å². The van der Waals surface area contributed by atoms with Gasteiger partial charge in [-0.15, -0.1) is 0 Å². The monoisotopic (exact) mass is 270 g/mol. The molecule has 3 rings (SSSR count).